The summed E-state index contributed by atoms with van der Waals surface area (Å²) in [6.45, 7) is 12.1. The number of carbonyl (C=O) groups excluding carboxylic acids is 1. The van der Waals surface area contributed by atoms with E-state index in [0.29, 0.717) is 59.1 Å². The number of fused-ring (bicyclic) bond motifs is 4. The van der Waals surface area contributed by atoms with E-state index in [-0.39, 0.29) is 17.8 Å². The van der Waals surface area contributed by atoms with Gasteiger partial charge in [0.05, 0.1) is 57.2 Å². The number of hydrogen-bond acceptors (Lipinski definition) is 5. The number of ether oxygens (including phenoxy) is 3. The summed E-state index contributed by atoms with van der Waals surface area (Å²) in [5.41, 5.74) is 2.43. The first-order valence-corrected chi connectivity index (χ1v) is 21.1. The molecule has 8 nitrogen and oxygen atoms in total. The molecule has 0 radical (unpaired) electrons. The van der Waals surface area contributed by atoms with Crippen molar-refractivity contribution in [3.8, 4) is 22.9 Å². The topological polar surface area (TPSA) is 70.0 Å². The molecule has 0 N–H and O–H groups in total. The molecule has 5 aromatic rings. The Morgan fingerprint density at radius 1 is 0.741 bits per heavy atom. The van der Waals surface area contributed by atoms with E-state index in [1.54, 1.807) is 35.3 Å². The fourth-order valence-corrected chi connectivity index (χ4v) is 9.13. The highest BCUT2D eigenvalue weighted by atomic mass is 19.1. The fourth-order valence-electron chi connectivity index (χ4n) is 9.13. The first-order valence-electron chi connectivity index (χ1n) is 21.1. The molecule has 0 aliphatic carbocycles. The molecule has 2 bridgehead atoms. The molecular formula is C48H56F2N3O5+. The highest BCUT2D eigenvalue weighted by Crippen LogP contribution is 2.46. The molecule has 0 unspecified atom stereocenters. The number of quaternary nitrogens is 1. The number of pyridine rings is 1. The van der Waals surface area contributed by atoms with Gasteiger partial charge in [-0.15, -0.1) is 0 Å². The zero-order valence-corrected chi connectivity index (χ0v) is 34.1. The van der Waals surface area contributed by atoms with E-state index < -0.39 is 23.0 Å². The number of halogens is 2. The summed E-state index contributed by atoms with van der Waals surface area (Å²) in [4.78, 5) is 29.4. The highest BCUT2D eigenvalue weighted by molar-refractivity contribution is 6.07. The maximum atomic E-state index is 14.2. The number of benzene rings is 4. The van der Waals surface area contributed by atoms with Crippen LogP contribution in [0.15, 0.2) is 95.9 Å². The van der Waals surface area contributed by atoms with E-state index in [0.717, 1.165) is 31.0 Å². The SMILES string of the molecule is CCOc1cc(OCC)cc(-n2cc(C(=O)N(CC)c3cc(F)cc(F)c3)c(=O)c3ccc(OCCCCCCC[N+]45CCC(c6ccccc6)(CC4)CC5)cc32)c1. The van der Waals surface area contributed by atoms with Gasteiger partial charge in [0, 0.05) is 78.8 Å². The molecule has 1 amide bonds. The third-order valence-corrected chi connectivity index (χ3v) is 12.3. The van der Waals surface area contributed by atoms with Gasteiger partial charge >= 0.3 is 0 Å². The first-order chi connectivity index (χ1) is 28.2. The molecule has 306 valence electrons. The average Bonchev–Trinajstić information content (AvgIpc) is 3.23. The Balaban J connectivity index is 1.03. The summed E-state index contributed by atoms with van der Waals surface area (Å²) >= 11 is 0. The van der Waals surface area contributed by atoms with Crippen LogP contribution in [0.4, 0.5) is 14.5 Å². The summed E-state index contributed by atoms with van der Waals surface area (Å²) in [6, 6.07) is 24.7. The molecule has 0 saturated carbocycles. The molecule has 3 aliphatic rings. The molecule has 10 heteroatoms. The quantitative estimate of drug-likeness (QED) is 0.0653. The third kappa shape index (κ3) is 8.92. The van der Waals surface area contributed by atoms with Crippen molar-refractivity contribution in [3.63, 3.8) is 0 Å². The molecule has 3 aliphatic heterocycles. The lowest BCUT2D eigenvalue weighted by atomic mass is 9.66. The Kier molecular flexibility index (Phi) is 12.8. The normalized spacial score (nSPS) is 18.6. The summed E-state index contributed by atoms with van der Waals surface area (Å²) in [5.74, 6) is -0.601. The second kappa shape index (κ2) is 18.1. The molecule has 3 fully saturated rings. The largest absolute Gasteiger partial charge is 0.494 e. The number of carbonyl (C=O) groups is 1. The Hall–Kier alpha value is -5.22. The fraction of sp³-hybridized carbons (Fsp3) is 0.417. The lowest BCUT2D eigenvalue weighted by Crippen LogP contribution is -2.63. The van der Waals surface area contributed by atoms with E-state index in [9.17, 15) is 18.4 Å². The predicted octanol–water partition coefficient (Wildman–Crippen LogP) is 10.0. The number of aromatic nitrogens is 1. The number of nitrogens with zero attached hydrogens (tertiary/aromatic N) is 3. The smallest absolute Gasteiger partial charge is 0.263 e. The van der Waals surface area contributed by atoms with E-state index in [4.69, 9.17) is 14.2 Å². The lowest BCUT2D eigenvalue weighted by Gasteiger charge is -2.55. The molecule has 4 aromatic carbocycles. The Morgan fingerprint density at radius 3 is 2.02 bits per heavy atom. The van der Waals surface area contributed by atoms with Crippen molar-refractivity contribution < 1.29 is 32.3 Å². The van der Waals surface area contributed by atoms with Crippen molar-refractivity contribution >= 4 is 22.5 Å². The van der Waals surface area contributed by atoms with Crippen molar-refractivity contribution in [1.29, 1.82) is 0 Å². The van der Waals surface area contributed by atoms with Gasteiger partial charge in [-0.3, -0.25) is 9.59 Å². The summed E-state index contributed by atoms with van der Waals surface area (Å²) in [7, 11) is 0. The second-order valence-electron chi connectivity index (χ2n) is 15.9. The molecular weight excluding hydrogens is 737 g/mol. The van der Waals surface area contributed by atoms with Crippen LogP contribution >= 0.6 is 0 Å². The van der Waals surface area contributed by atoms with Gasteiger partial charge in [0.2, 0.25) is 5.43 Å². The molecule has 58 heavy (non-hydrogen) atoms. The number of hydrogen-bond donors (Lipinski definition) is 0. The minimum absolute atomic E-state index is 0.0174. The highest BCUT2D eigenvalue weighted by Gasteiger charge is 2.49. The van der Waals surface area contributed by atoms with E-state index in [1.165, 1.54) is 80.3 Å². The Morgan fingerprint density at radius 2 is 1.38 bits per heavy atom. The van der Waals surface area contributed by atoms with Crippen LogP contribution in [0.2, 0.25) is 0 Å². The summed E-state index contributed by atoms with van der Waals surface area (Å²) in [6.07, 6.45) is 11.1. The van der Waals surface area contributed by atoms with Crippen molar-refractivity contribution in [2.45, 2.75) is 77.6 Å². The molecule has 4 heterocycles. The number of unbranched alkanes of at least 4 members (excludes halogenated alkanes) is 4. The zero-order valence-electron chi connectivity index (χ0n) is 34.1. The van der Waals surface area contributed by atoms with Gasteiger partial charge in [0.1, 0.15) is 34.4 Å². The molecule has 0 spiro atoms. The minimum atomic E-state index is -0.821. The van der Waals surface area contributed by atoms with Crippen LogP contribution in [0.25, 0.3) is 16.6 Å². The molecule has 1 aromatic heterocycles. The van der Waals surface area contributed by atoms with Crippen LogP contribution in [0.3, 0.4) is 0 Å². The minimum Gasteiger partial charge on any atom is -0.494 e. The average molecular weight is 793 g/mol. The van der Waals surface area contributed by atoms with Gasteiger partial charge in [-0.05, 0) is 69.9 Å². The van der Waals surface area contributed by atoms with Gasteiger partial charge in [0.15, 0.2) is 0 Å². The molecule has 0 atom stereocenters. The molecule has 8 rings (SSSR count). The van der Waals surface area contributed by atoms with Gasteiger partial charge < -0.3 is 28.2 Å². The monoisotopic (exact) mass is 792 g/mol. The van der Waals surface area contributed by atoms with Crippen LogP contribution in [-0.2, 0) is 5.41 Å². The lowest BCUT2D eigenvalue weighted by molar-refractivity contribution is -0.943. The number of amides is 1. The van der Waals surface area contributed by atoms with Crippen molar-refractivity contribution in [3.05, 3.63) is 124 Å². The van der Waals surface area contributed by atoms with E-state index >= 15 is 0 Å². The van der Waals surface area contributed by atoms with Gasteiger partial charge in [0.25, 0.3) is 5.91 Å². The second-order valence-corrected chi connectivity index (χ2v) is 15.9. The van der Waals surface area contributed by atoms with Crippen molar-refractivity contribution in [2.24, 2.45) is 0 Å². The zero-order chi connectivity index (χ0) is 40.7. The van der Waals surface area contributed by atoms with Crippen molar-refractivity contribution in [2.75, 3.05) is 57.4 Å². The van der Waals surface area contributed by atoms with Crippen LogP contribution < -0.4 is 24.5 Å². The van der Waals surface area contributed by atoms with Gasteiger partial charge in [-0.2, -0.15) is 0 Å². The maximum absolute atomic E-state index is 14.2. The predicted molar refractivity (Wildman–Crippen MR) is 226 cm³/mol. The van der Waals surface area contributed by atoms with Crippen LogP contribution in [-0.4, -0.2) is 67.5 Å². The number of rotatable bonds is 18. The standard InChI is InChI=1S/C48H56F2N3O5/c1-4-51(38-28-36(49)27-37(50)29-38)47(55)44-34-52(39-30-41(56-5-2)32-42(31-39)57-6-3)45-33-40(17-18-43(45)46(44)54)58-26-14-9-7-8-13-22-53-23-19-48(20-24-53,21-25-53)35-15-11-10-12-16-35/h10-12,15-18,27-34H,4-9,13-14,19-26H2,1-3H3/q+1. The number of anilines is 1. The van der Waals surface area contributed by atoms with Crippen LogP contribution in [0.5, 0.6) is 17.2 Å². The van der Waals surface area contributed by atoms with E-state index in [2.05, 4.69) is 30.3 Å². The van der Waals surface area contributed by atoms with Gasteiger partial charge in [-0.1, -0.05) is 43.2 Å². The van der Waals surface area contributed by atoms with Crippen molar-refractivity contribution in [1.82, 2.24) is 4.57 Å². The third-order valence-electron chi connectivity index (χ3n) is 12.3. The molecule has 3 saturated heterocycles. The van der Waals surface area contributed by atoms with Crippen LogP contribution in [0, 0.1) is 11.6 Å². The first kappa shape index (κ1) is 41.0. The van der Waals surface area contributed by atoms with E-state index in [1.807, 2.05) is 32.0 Å². The summed E-state index contributed by atoms with van der Waals surface area (Å²) < 4.78 is 49.5. The van der Waals surface area contributed by atoms with Gasteiger partial charge in [-0.25, -0.2) is 8.78 Å². The Labute approximate surface area is 340 Å². The Bertz CT molecular complexity index is 2210. The van der Waals surface area contributed by atoms with Crippen LogP contribution in [0.1, 0.15) is 88.1 Å². The maximum Gasteiger partial charge on any atom is 0.263 e. The summed E-state index contributed by atoms with van der Waals surface area (Å²) in [5, 5.41) is 0.291. The number of piperidine rings is 3.